The van der Waals surface area contributed by atoms with Crippen molar-refractivity contribution in [2.24, 2.45) is 0 Å². The second-order valence-corrected chi connectivity index (χ2v) is 4.59. The van der Waals surface area contributed by atoms with Gasteiger partial charge >= 0.3 is 0 Å². The third-order valence-corrected chi connectivity index (χ3v) is 4.00. The van der Waals surface area contributed by atoms with Crippen molar-refractivity contribution < 1.29 is 10.2 Å². The monoisotopic (exact) mass is 298 g/mol. The molecule has 4 nitrogen and oxygen atoms in total. The van der Waals surface area contributed by atoms with Gasteiger partial charge in [0, 0.05) is 5.75 Å². The van der Waals surface area contributed by atoms with Crippen molar-refractivity contribution in [3.63, 3.8) is 0 Å². The van der Waals surface area contributed by atoms with Crippen LogP contribution < -0.4 is 0 Å². The fraction of sp³-hybridized carbons (Fsp3) is 0.429. The van der Waals surface area contributed by atoms with E-state index in [9.17, 15) is 0 Å². The number of thioether (sulfide) groups is 1. The van der Waals surface area contributed by atoms with Crippen LogP contribution in [0.1, 0.15) is 0 Å². The fourth-order valence-electron chi connectivity index (χ4n) is 0.662. The Balaban J connectivity index is 2.63. The zero-order chi connectivity index (χ0) is 10.6. The molecule has 1 unspecified atom stereocenters. The normalized spacial score (nSPS) is 12.9. The van der Waals surface area contributed by atoms with Crippen LogP contribution in [0, 0.1) is 0 Å². The summed E-state index contributed by atoms with van der Waals surface area (Å²) >= 11 is 10.3. The predicted octanol–water partition coefficient (Wildman–Crippen LogP) is 1.34. The summed E-state index contributed by atoms with van der Waals surface area (Å²) in [5.74, 6) is 0.364. The number of halogens is 2. The number of aliphatic hydroxyl groups is 2. The molecular weight excluding hydrogens is 292 g/mol. The highest BCUT2D eigenvalue weighted by molar-refractivity contribution is 9.10. The second kappa shape index (κ2) is 5.87. The second-order valence-electron chi connectivity index (χ2n) is 2.43. The van der Waals surface area contributed by atoms with Gasteiger partial charge in [-0.15, -0.1) is 11.8 Å². The molecule has 0 amide bonds. The summed E-state index contributed by atoms with van der Waals surface area (Å²) in [6, 6.07) is 0. The van der Waals surface area contributed by atoms with Gasteiger partial charge in [0.2, 0.25) is 0 Å². The summed E-state index contributed by atoms with van der Waals surface area (Å²) in [6.45, 7) is -0.260. The molecule has 0 bridgehead atoms. The molecule has 0 aliphatic carbocycles. The van der Waals surface area contributed by atoms with Crippen molar-refractivity contribution >= 4 is 39.3 Å². The Kier molecular flexibility index (Phi) is 5.11. The van der Waals surface area contributed by atoms with E-state index in [1.165, 1.54) is 18.1 Å². The number of nitrogens with zero attached hydrogens (tertiary/aromatic N) is 2. The molecule has 0 saturated heterocycles. The minimum absolute atomic E-state index is 0.260. The molecule has 0 aliphatic heterocycles. The van der Waals surface area contributed by atoms with Crippen molar-refractivity contribution in [3.05, 3.63) is 16.0 Å². The minimum atomic E-state index is -0.749. The van der Waals surface area contributed by atoms with E-state index in [1.54, 1.807) is 0 Å². The first kappa shape index (κ1) is 12.2. The van der Waals surface area contributed by atoms with Crippen molar-refractivity contribution in [2.45, 2.75) is 11.1 Å². The lowest BCUT2D eigenvalue weighted by Gasteiger charge is -2.07. The van der Waals surface area contributed by atoms with Crippen LogP contribution in [-0.4, -0.2) is 38.6 Å². The summed E-state index contributed by atoms with van der Waals surface area (Å²) in [4.78, 5) is 7.74. The molecule has 0 aliphatic rings. The highest BCUT2D eigenvalue weighted by Gasteiger charge is 2.09. The smallest absolute Gasteiger partial charge is 0.147 e. The molecule has 78 valence electrons. The molecule has 1 aromatic rings. The summed E-state index contributed by atoms with van der Waals surface area (Å²) in [6.07, 6.45) is 0.599. The van der Waals surface area contributed by atoms with Crippen LogP contribution in [0.3, 0.4) is 0 Å². The average Bonchev–Trinajstić information content (AvgIpc) is 2.20. The van der Waals surface area contributed by atoms with Crippen molar-refractivity contribution in [1.82, 2.24) is 9.97 Å². The van der Waals surface area contributed by atoms with Gasteiger partial charge in [0.15, 0.2) is 0 Å². The van der Waals surface area contributed by atoms with Gasteiger partial charge < -0.3 is 10.2 Å². The van der Waals surface area contributed by atoms with Crippen LogP contribution in [0.2, 0.25) is 5.15 Å². The van der Waals surface area contributed by atoms with Gasteiger partial charge in [-0.1, -0.05) is 11.6 Å². The molecule has 0 saturated carbocycles. The van der Waals surface area contributed by atoms with Crippen LogP contribution in [0.25, 0.3) is 0 Å². The van der Waals surface area contributed by atoms with Crippen molar-refractivity contribution in [1.29, 1.82) is 0 Å². The average molecular weight is 300 g/mol. The molecule has 7 heteroatoms. The lowest BCUT2D eigenvalue weighted by Crippen LogP contribution is -2.14. The van der Waals surface area contributed by atoms with E-state index >= 15 is 0 Å². The molecule has 1 atom stereocenters. The Morgan fingerprint density at radius 1 is 1.57 bits per heavy atom. The van der Waals surface area contributed by atoms with E-state index < -0.39 is 6.10 Å². The lowest BCUT2D eigenvalue weighted by molar-refractivity contribution is 0.113. The van der Waals surface area contributed by atoms with Crippen LogP contribution in [0.4, 0.5) is 0 Å². The third kappa shape index (κ3) is 3.36. The molecule has 0 spiro atoms. The number of hydrogen-bond acceptors (Lipinski definition) is 5. The first-order valence-electron chi connectivity index (χ1n) is 3.73. The Labute approximate surface area is 98.8 Å². The van der Waals surface area contributed by atoms with E-state index in [4.69, 9.17) is 21.8 Å². The van der Waals surface area contributed by atoms with E-state index in [-0.39, 0.29) is 6.61 Å². The number of aromatic nitrogens is 2. The zero-order valence-electron chi connectivity index (χ0n) is 7.02. The van der Waals surface area contributed by atoms with Crippen LogP contribution in [-0.2, 0) is 0 Å². The molecule has 14 heavy (non-hydrogen) atoms. The molecule has 1 aromatic heterocycles. The first-order chi connectivity index (χ1) is 6.65. The largest absolute Gasteiger partial charge is 0.394 e. The lowest BCUT2D eigenvalue weighted by atomic mass is 10.4. The number of aliphatic hydroxyl groups excluding tert-OH is 2. The molecule has 1 rings (SSSR count). The Morgan fingerprint density at radius 3 is 2.93 bits per heavy atom. The van der Waals surface area contributed by atoms with Gasteiger partial charge in [0.1, 0.15) is 16.5 Å². The Morgan fingerprint density at radius 2 is 2.29 bits per heavy atom. The van der Waals surface area contributed by atoms with Crippen molar-refractivity contribution in [2.75, 3.05) is 12.4 Å². The quantitative estimate of drug-likeness (QED) is 0.649. The maximum atomic E-state index is 9.12. The standard InChI is InChI=1S/C7H8BrClN2O2S/c8-5-6(9)10-3-11-7(5)14-2-4(13)1-12/h3-4,12-13H,1-2H2. The van der Waals surface area contributed by atoms with E-state index in [0.717, 1.165) is 0 Å². The maximum Gasteiger partial charge on any atom is 0.147 e. The van der Waals surface area contributed by atoms with Gasteiger partial charge in [0.25, 0.3) is 0 Å². The highest BCUT2D eigenvalue weighted by atomic mass is 79.9. The van der Waals surface area contributed by atoms with Crippen LogP contribution in [0.15, 0.2) is 15.8 Å². The maximum absolute atomic E-state index is 9.12. The molecular formula is C7H8BrClN2O2S. The zero-order valence-corrected chi connectivity index (χ0v) is 10.2. The van der Waals surface area contributed by atoms with Crippen LogP contribution in [0.5, 0.6) is 0 Å². The van der Waals surface area contributed by atoms with Crippen molar-refractivity contribution in [3.8, 4) is 0 Å². The van der Waals surface area contributed by atoms with E-state index in [1.807, 2.05) is 0 Å². The molecule has 2 N–H and O–H groups in total. The predicted molar refractivity (Wildman–Crippen MR) is 58.6 cm³/mol. The van der Waals surface area contributed by atoms with Gasteiger partial charge in [0.05, 0.1) is 17.2 Å². The topological polar surface area (TPSA) is 66.2 Å². The Bertz CT molecular complexity index is 316. The van der Waals surface area contributed by atoms with Gasteiger partial charge in [-0.3, -0.25) is 0 Å². The van der Waals surface area contributed by atoms with E-state index in [2.05, 4.69) is 25.9 Å². The molecule has 1 heterocycles. The fourth-order valence-corrected chi connectivity index (χ4v) is 2.20. The van der Waals surface area contributed by atoms with Gasteiger partial charge in [-0.2, -0.15) is 0 Å². The summed E-state index contributed by atoms with van der Waals surface area (Å²) in [5.41, 5.74) is 0. The highest BCUT2D eigenvalue weighted by Crippen LogP contribution is 2.29. The SMILES string of the molecule is OCC(O)CSc1ncnc(Cl)c1Br. The summed E-state index contributed by atoms with van der Waals surface area (Å²) < 4.78 is 0.608. The minimum Gasteiger partial charge on any atom is -0.394 e. The number of rotatable bonds is 4. The third-order valence-electron chi connectivity index (χ3n) is 1.34. The molecule has 0 fully saturated rings. The van der Waals surface area contributed by atoms with Gasteiger partial charge in [-0.25, -0.2) is 9.97 Å². The Hall–Kier alpha value is 0.120. The van der Waals surface area contributed by atoms with Crippen LogP contribution >= 0.6 is 39.3 Å². The first-order valence-corrected chi connectivity index (χ1v) is 5.88. The number of hydrogen-bond donors (Lipinski definition) is 2. The molecule has 0 radical (unpaired) electrons. The summed E-state index contributed by atoms with van der Waals surface area (Å²) in [7, 11) is 0. The molecule has 0 aromatic carbocycles. The summed E-state index contributed by atoms with van der Waals surface area (Å²) in [5, 5.41) is 18.7. The van der Waals surface area contributed by atoms with E-state index in [0.29, 0.717) is 20.4 Å². The van der Waals surface area contributed by atoms with Gasteiger partial charge in [-0.05, 0) is 15.9 Å².